The van der Waals surface area contributed by atoms with E-state index >= 15 is 0 Å². The Kier molecular flexibility index (Phi) is 5.89. The minimum absolute atomic E-state index is 0.0810. The molecule has 0 spiro atoms. The molecule has 0 bridgehead atoms. The summed E-state index contributed by atoms with van der Waals surface area (Å²) in [5.74, 6) is -0.286. The fourth-order valence-corrected chi connectivity index (χ4v) is 4.85. The van der Waals surface area contributed by atoms with E-state index in [0.717, 1.165) is 5.69 Å². The third kappa shape index (κ3) is 4.12. The molecule has 0 atom stereocenters. The van der Waals surface area contributed by atoms with Crippen LogP contribution in [0.5, 0.6) is 0 Å². The Morgan fingerprint density at radius 1 is 1.14 bits per heavy atom. The van der Waals surface area contributed by atoms with Gasteiger partial charge in [0.25, 0.3) is 0 Å². The molecule has 0 saturated carbocycles. The zero-order chi connectivity index (χ0) is 20.3. The molecule has 1 heterocycles. The molecule has 1 N–H and O–H groups in total. The summed E-state index contributed by atoms with van der Waals surface area (Å²) in [5, 5.41) is 12.0. The highest BCUT2D eigenvalue weighted by Crippen LogP contribution is 2.28. The van der Waals surface area contributed by atoms with Crippen molar-refractivity contribution < 1.29 is 13.2 Å². The molecule has 7 nitrogen and oxygen atoms in total. The first-order chi connectivity index (χ1) is 13.3. The van der Waals surface area contributed by atoms with Gasteiger partial charge in [-0.05, 0) is 30.3 Å². The van der Waals surface area contributed by atoms with Gasteiger partial charge in [0.1, 0.15) is 6.07 Å². The Bertz CT molecular complexity index is 1040. The molecule has 9 heteroatoms. The van der Waals surface area contributed by atoms with Crippen LogP contribution < -0.4 is 10.2 Å². The predicted molar refractivity (Wildman–Crippen MR) is 108 cm³/mol. The highest BCUT2D eigenvalue weighted by molar-refractivity contribution is 7.89. The van der Waals surface area contributed by atoms with Crippen LogP contribution in [0, 0.1) is 11.3 Å². The first-order valence-electron chi connectivity index (χ1n) is 8.64. The van der Waals surface area contributed by atoms with Crippen LogP contribution in [0.25, 0.3) is 0 Å². The van der Waals surface area contributed by atoms with Crippen molar-refractivity contribution in [1.82, 2.24) is 4.31 Å². The lowest BCUT2D eigenvalue weighted by Gasteiger charge is -2.35. The fraction of sp³-hybridized carbons (Fsp3) is 0.263. The van der Waals surface area contributed by atoms with Crippen LogP contribution in [0.3, 0.4) is 0 Å². The number of carbonyl (C=O) groups is 1. The first-order valence-corrected chi connectivity index (χ1v) is 10.5. The third-order valence-corrected chi connectivity index (χ3v) is 6.70. The zero-order valence-corrected chi connectivity index (χ0v) is 16.8. The van der Waals surface area contributed by atoms with E-state index in [2.05, 4.69) is 11.4 Å². The van der Waals surface area contributed by atoms with E-state index in [4.69, 9.17) is 11.6 Å². The summed E-state index contributed by atoms with van der Waals surface area (Å²) in [4.78, 5) is 13.3. The summed E-state index contributed by atoms with van der Waals surface area (Å²) in [7, 11) is -3.71. The maximum Gasteiger partial charge on any atom is 0.243 e. The number of rotatable bonds is 4. The van der Waals surface area contributed by atoms with Gasteiger partial charge in [0.05, 0.1) is 26.9 Å². The van der Waals surface area contributed by atoms with Gasteiger partial charge in [0, 0.05) is 33.1 Å². The quantitative estimate of drug-likeness (QED) is 0.823. The van der Waals surface area contributed by atoms with Crippen molar-refractivity contribution in [2.24, 2.45) is 0 Å². The average molecular weight is 419 g/mol. The summed E-state index contributed by atoms with van der Waals surface area (Å²) < 4.78 is 27.3. The van der Waals surface area contributed by atoms with Gasteiger partial charge in [-0.2, -0.15) is 9.57 Å². The molecule has 28 heavy (non-hydrogen) atoms. The number of nitrogens with one attached hydrogen (secondary N) is 1. The van der Waals surface area contributed by atoms with Crippen LogP contribution in [0.15, 0.2) is 47.4 Å². The highest BCUT2D eigenvalue weighted by atomic mass is 35.5. The van der Waals surface area contributed by atoms with Crippen molar-refractivity contribution >= 4 is 38.9 Å². The van der Waals surface area contributed by atoms with Crippen LogP contribution in [0.1, 0.15) is 12.5 Å². The minimum atomic E-state index is -3.71. The number of sulfonamides is 1. The maximum absolute atomic E-state index is 12.9. The lowest BCUT2D eigenvalue weighted by Crippen LogP contribution is -2.48. The largest absolute Gasteiger partial charge is 0.368 e. The normalized spacial score (nSPS) is 15.1. The number of benzene rings is 2. The number of amides is 1. The summed E-state index contributed by atoms with van der Waals surface area (Å²) >= 11 is 6.12. The summed E-state index contributed by atoms with van der Waals surface area (Å²) in [6.45, 7) is 2.91. The standard InChI is InChI=1S/C19H19ClN4O3S/c1-14(25)22-18-7-6-16(12-17(18)20)28(26,27)24-10-8-23(9-11-24)19-5-3-2-4-15(19)13-21/h2-7,12H,8-11H2,1H3,(H,22,25). The van der Waals surface area contributed by atoms with Crippen molar-refractivity contribution in [3.05, 3.63) is 53.1 Å². The number of piperazine rings is 1. The van der Waals surface area contributed by atoms with Crippen molar-refractivity contribution in [1.29, 1.82) is 5.26 Å². The molecule has 1 amide bonds. The van der Waals surface area contributed by atoms with Gasteiger partial charge >= 0.3 is 0 Å². The Balaban J connectivity index is 1.75. The summed E-state index contributed by atoms with van der Waals surface area (Å²) in [6, 6.07) is 13.7. The van der Waals surface area contributed by atoms with E-state index in [1.54, 1.807) is 12.1 Å². The molecule has 2 aromatic rings. The van der Waals surface area contributed by atoms with Gasteiger partial charge in [-0.15, -0.1) is 0 Å². The van der Waals surface area contributed by atoms with Crippen LogP contribution in [0.4, 0.5) is 11.4 Å². The molecule has 0 radical (unpaired) electrons. The van der Waals surface area contributed by atoms with Gasteiger partial charge in [-0.1, -0.05) is 23.7 Å². The van der Waals surface area contributed by atoms with Crippen LogP contribution in [-0.4, -0.2) is 44.8 Å². The number of hydrogen-bond acceptors (Lipinski definition) is 5. The number of carbonyl (C=O) groups excluding carboxylic acids is 1. The molecule has 0 aliphatic carbocycles. The Labute approximate surface area is 169 Å². The van der Waals surface area contributed by atoms with Crippen molar-refractivity contribution in [2.75, 3.05) is 36.4 Å². The average Bonchev–Trinajstić information content (AvgIpc) is 2.69. The van der Waals surface area contributed by atoms with Gasteiger partial charge in [-0.25, -0.2) is 8.42 Å². The number of anilines is 2. The van der Waals surface area contributed by atoms with Crippen molar-refractivity contribution in [3.8, 4) is 6.07 Å². The van der Waals surface area contributed by atoms with E-state index in [1.807, 2.05) is 17.0 Å². The second-order valence-corrected chi connectivity index (χ2v) is 8.69. The molecule has 0 unspecified atom stereocenters. The predicted octanol–water partition coefficient (Wildman–Crippen LogP) is 2.68. The second kappa shape index (κ2) is 8.19. The van der Waals surface area contributed by atoms with Gasteiger partial charge in [0.15, 0.2) is 0 Å². The fourth-order valence-electron chi connectivity index (χ4n) is 3.11. The SMILES string of the molecule is CC(=O)Nc1ccc(S(=O)(=O)N2CCN(c3ccccc3C#N)CC2)cc1Cl. The molecule has 1 fully saturated rings. The minimum Gasteiger partial charge on any atom is -0.368 e. The first kappa shape index (κ1) is 20.1. The number of halogens is 1. The molecule has 1 aliphatic heterocycles. The van der Waals surface area contributed by atoms with Gasteiger partial charge in [0.2, 0.25) is 15.9 Å². The Hall–Kier alpha value is -2.60. The highest BCUT2D eigenvalue weighted by Gasteiger charge is 2.29. The molecule has 1 saturated heterocycles. The zero-order valence-electron chi connectivity index (χ0n) is 15.2. The van der Waals surface area contributed by atoms with E-state index in [1.165, 1.54) is 29.4 Å². The van der Waals surface area contributed by atoms with E-state index in [9.17, 15) is 18.5 Å². The van der Waals surface area contributed by atoms with Crippen LogP contribution in [0.2, 0.25) is 5.02 Å². The van der Waals surface area contributed by atoms with E-state index in [0.29, 0.717) is 37.4 Å². The van der Waals surface area contributed by atoms with E-state index in [-0.39, 0.29) is 15.8 Å². The number of para-hydroxylation sites is 1. The smallest absolute Gasteiger partial charge is 0.243 e. The number of hydrogen-bond donors (Lipinski definition) is 1. The van der Waals surface area contributed by atoms with Crippen molar-refractivity contribution in [3.63, 3.8) is 0 Å². The molecule has 2 aromatic carbocycles. The topological polar surface area (TPSA) is 93.5 Å². The third-order valence-electron chi connectivity index (χ3n) is 4.49. The second-order valence-electron chi connectivity index (χ2n) is 6.34. The molecule has 3 rings (SSSR count). The lowest BCUT2D eigenvalue weighted by molar-refractivity contribution is -0.114. The van der Waals surface area contributed by atoms with Crippen LogP contribution >= 0.6 is 11.6 Å². The molecular weight excluding hydrogens is 400 g/mol. The summed E-state index contributed by atoms with van der Waals surface area (Å²) in [6.07, 6.45) is 0. The molecular formula is C19H19ClN4O3S. The lowest BCUT2D eigenvalue weighted by atomic mass is 10.1. The Morgan fingerprint density at radius 2 is 1.82 bits per heavy atom. The summed E-state index contributed by atoms with van der Waals surface area (Å²) in [5.41, 5.74) is 1.75. The van der Waals surface area contributed by atoms with Gasteiger partial charge in [-0.3, -0.25) is 4.79 Å². The molecule has 146 valence electrons. The maximum atomic E-state index is 12.9. The van der Waals surface area contributed by atoms with Gasteiger partial charge < -0.3 is 10.2 Å². The number of nitriles is 1. The number of nitrogens with zero attached hydrogens (tertiary/aromatic N) is 3. The van der Waals surface area contributed by atoms with Crippen LogP contribution in [-0.2, 0) is 14.8 Å². The Morgan fingerprint density at radius 3 is 2.43 bits per heavy atom. The molecule has 1 aliphatic rings. The monoisotopic (exact) mass is 418 g/mol. The van der Waals surface area contributed by atoms with E-state index < -0.39 is 10.0 Å². The van der Waals surface area contributed by atoms with Crippen molar-refractivity contribution in [2.45, 2.75) is 11.8 Å². The molecule has 0 aromatic heterocycles.